The first-order valence-electron chi connectivity index (χ1n) is 4.18. The van der Waals surface area contributed by atoms with Crippen molar-refractivity contribution in [3.05, 3.63) is 24.2 Å². The first-order chi connectivity index (χ1) is 6.00. The van der Waals surface area contributed by atoms with Crippen LogP contribution in [0.15, 0.2) is 23.0 Å². The number of esters is 1. The molecule has 0 N–H and O–H groups in total. The standard InChI is InChI=1S/C10H14O3/c1-10(2,3)9(11)13-7-8-4-5-12-6-8/h4-6H,7H2,1-3H3. The Kier molecular flexibility index (Phi) is 2.76. The number of rotatable bonds is 2. The Morgan fingerprint density at radius 3 is 2.69 bits per heavy atom. The predicted octanol–water partition coefficient (Wildman–Crippen LogP) is 2.37. The van der Waals surface area contributed by atoms with E-state index in [0.29, 0.717) is 0 Å². The van der Waals surface area contributed by atoms with Gasteiger partial charge in [-0.2, -0.15) is 0 Å². The van der Waals surface area contributed by atoms with E-state index in [4.69, 9.17) is 9.15 Å². The summed E-state index contributed by atoms with van der Waals surface area (Å²) in [5.41, 5.74) is 0.432. The van der Waals surface area contributed by atoms with E-state index >= 15 is 0 Å². The monoisotopic (exact) mass is 182 g/mol. The molecule has 0 saturated heterocycles. The summed E-state index contributed by atoms with van der Waals surface area (Å²) in [6.07, 6.45) is 3.12. The molecule has 0 atom stereocenters. The number of furan rings is 1. The maximum atomic E-state index is 11.3. The Hall–Kier alpha value is -1.25. The summed E-state index contributed by atoms with van der Waals surface area (Å²) < 4.78 is 9.89. The van der Waals surface area contributed by atoms with E-state index in [1.165, 1.54) is 0 Å². The lowest BCUT2D eigenvalue weighted by Gasteiger charge is -2.15. The molecule has 0 radical (unpaired) electrons. The van der Waals surface area contributed by atoms with Crippen LogP contribution in [0.2, 0.25) is 0 Å². The van der Waals surface area contributed by atoms with Crippen LogP contribution in [-0.4, -0.2) is 5.97 Å². The van der Waals surface area contributed by atoms with Crippen LogP contribution in [0.3, 0.4) is 0 Å². The minimum absolute atomic E-state index is 0.200. The van der Waals surface area contributed by atoms with Gasteiger partial charge in [0.05, 0.1) is 17.9 Å². The minimum atomic E-state index is -0.441. The molecule has 3 nitrogen and oxygen atoms in total. The highest BCUT2D eigenvalue weighted by Crippen LogP contribution is 2.16. The Bertz CT molecular complexity index is 267. The normalized spacial score (nSPS) is 11.3. The highest BCUT2D eigenvalue weighted by atomic mass is 16.5. The van der Waals surface area contributed by atoms with Crippen LogP contribution < -0.4 is 0 Å². The van der Waals surface area contributed by atoms with Crippen molar-refractivity contribution >= 4 is 5.97 Å². The first-order valence-corrected chi connectivity index (χ1v) is 4.18. The van der Waals surface area contributed by atoms with Gasteiger partial charge in [-0.15, -0.1) is 0 Å². The summed E-state index contributed by atoms with van der Waals surface area (Å²) in [5, 5.41) is 0. The fraction of sp³-hybridized carbons (Fsp3) is 0.500. The molecule has 0 fully saturated rings. The van der Waals surface area contributed by atoms with Crippen LogP contribution in [0.25, 0.3) is 0 Å². The third-order valence-electron chi connectivity index (χ3n) is 1.56. The number of carbonyl (C=O) groups is 1. The molecule has 0 unspecified atom stereocenters. The van der Waals surface area contributed by atoms with Crippen LogP contribution in [0, 0.1) is 5.41 Å². The molecule has 0 amide bonds. The Labute approximate surface area is 77.7 Å². The second-order valence-electron chi connectivity index (χ2n) is 3.96. The molecule has 0 aliphatic carbocycles. The van der Waals surface area contributed by atoms with Crippen LogP contribution in [-0.2, 0) is 16.1 Å². The average Bonchev–Trinajstić information content (AvgIpc) is 2.50. The molecular weight excluding hydrogens is 168 g/mol. The lowest BCUT2D eigenvalue weighted by Crippen LogP contribution is -2.22. The lowest BCUT2D eigenvalue weighted by molar-refractivity contribution is -0.154. The van der Waals surface area contributed by atoms with Gasteiger partial charge in [0, 0.05) is 5.56 Å². The summed E-state index contributed by atoms with van der Waals surface area (Å²) >= 11 is 0. The molecule has 1 aromatic heterocycles. The van der Waals surface area contributed by atoms with E-state index in [-0.39, 0.29) is 12.6 Å². The highest BCUT2D eigenvalue weighted by Gasteiger charge is 2.22. The van der Waals surface area contributed by atoms with Crippen molar-refractivity contribution < 1.29 is 13.9 Å². The molecule has 0 spiro atoms. The molecule has 0 saturated carbocycles. The maximum Gasteiger partial charge on any atom is 0.311 e. The fourth-order valence-corrected chi connectivity index (χ4v) is 0.740. The van der Waals surface area contributed by atoms with Gasteiger partial charge >= 0.3 is 5.97 Å². The van der Waals surface area contributed by atoms with Gasteiger partial charge in [0.15, 0.2) is 0 Å². The third-order valence-corrected chi connectivity index (χ3v) is 1.56. The molecule has 13 heavy (non-hydrogen) atoms. The van der Waals surface area contributed by atoms with E-state index in [2.05, 4.69) is 0 Å². The van der Waals surface area contributed by atoms with Gasteiger partial charge < -0.3 is 9.15 Å². The van der Waals surface area contributed by atoms with E-state index < -0.39 is 5.41 Å². The predicted molar refractivity (Wildman–Crippen MR) is 48.0 cm³/mol. The van der Waals surface area contributed by atoms with E-state index in [0.717, 1.165) is 5.56 Å². The van der Waals surface area contributed by atoms with Gasteiger partial charge in [-0.25, -0.2) is 0 Å². The molecule has 0 aromatic carbocycles. The molecule has 1 heterocycles. The first kappa shape index (κ1) is 9.84. The minimum Gasteiger partial charge on any atom is -0.472 e. The molecule has 1 aromatic rings. The highest BCUT2D eigenvalue weighted by molar-refractivity contribution is 5.75. The fourth-order valence-electron chi connectivity index (χ4n) is 0.740. The molecule has 0 aliphatic rings. The number of hydrogen-bond donors (Lipinski definition) is 0. The molecular formula is C10H14O3. The third kappa shape index (κ3) is 2.93. The van der Waals surface area contributed by atoms with Crippen molar-refractivity contribution in [1.82, 2.24) is 0 Å². The van der Waals surface area contributed by atoms with Crippen molar-refractivity contribution in [3.8, 4) is 0 Å². The zero-order valence-electron chi connectivity index (χ0n) is 8.16. The summed E-state index contributed by atoms with van der Waals surface area (Å²) in [4.78, 5) is 11.3. The van der Waals surface area contributed by atoms with Crippen LogP contribution in [0.4, 0.5) is 0 Å². The number of ether oxygens (including phenoxy) is 1. The van der Waals surface area contributed by atoms with Crippen molar-refractivity contribution in [2.24, 2.45) is 5.41 Å². The van der Waals surface area contributed by atoms with Crippen LogP contribution in [0.5, 0.6) is 0 Å². The second kappa shape index (κ2) is 3.64. The molecule has 0 aliphatic heterocycles. The SMILES string of the molecule is CC(C)(C)C(=O)OCc1ccoc1. The van der Waals surface area contributed by atoms with E-state index in [1.54, 1.807) is 18.6 Å². The Morgan fingerprint density at radius 1 is 1.54 bits per heavy atom. The average molecular weight is 182 g/mol. The lowest BCUT2D eigenvalue weighted by atomic mass is 9.97. The van der Waals surface area contributed by atoms with E-state index in [1.807, 2.05) is 20.8 Å². The molecule has 3 heteroatoms. The quantitative estimate of drug-likeness (QED) is 0.659. The smallest absolute Gasteiger partial charge is 0.311 e. The molecule has 0 bridgehead atoms. The van der Waals surface area contributed by atoms with Crippen molar-refractivity contribution in [1.29, 1.82) is 0 Å². The van der Waals surface area contributed by atoms with Gasteiger partial charge in [-0.3, -0.25) is 4.79 Å². The summed E-state index contributed by atoms with van der Waals surface area (Å²) in [6, 6.07) is 1.77. The van der Waals surface area contributed by atoms with Crippen LogP contribution >= 0.6 is 0 Å². The Morgan fingerprint density at radius 2 is 2.23 bits per heavy atom. The van der Waals surface area contributed by atoms with Crippen molar-refractivity contribution in [3.63, 3.8) is 0 Å². The van der Waals surface area contributed by atoms with Gasteiger partial charge in [0.1, 0.15) is 6.61 Å². The van der Waals surface area contributed by atoms with Crippen molar-refractivity contribution in [2.75, 3.05) is 0 Å². The van der Waals surface area contributed by atoms with Gasteiger partial charge in [0.25, 0.3) is 0 Å². The van der Waals surface area contributed by atoms with Gasteiger partial charge in [-0.05, 0) is 26.8 Å². The summed E-state index contributed by atoms with van der Waals surface area (Å²) in [6.45, 7) is 5.76. The summed E-state index contributed by atoms with van der Waals surface area (Å²) in [5.74, 6) is -0.200. The summed E-state index contributed by atoms with van der Waals surface area (Å²) in [7, 11) is 0. The topological polar surface area (TPSA) is 39.4 Å². The zero-order valence-corrected chi connectivity index (χ0v) is 8.16. The maximum absolute atomic E-state index is 11.3. The van der Waals surface area contributed by atoms with Crippen LogP contribution in [0.1, 0.15) is 26.3 Å². The molecule has 1 rings (SSSR count). The largest absolute Gasteiger partial charge is 0.472 e. The van der Waals surface area contributed by atoms with E-state index in [9.17, 15) is 4.79 Å². The zero-order chi connectivity index (χ0) is 9.90. The van der Waals surface area contributed by atoms with Gasteiger partial charge in [0.2, 0.25) is 0 Å². The number of carbonyl (C=O) groups excluding carboxylic acids is 1. The number of hydrogen-bond acceptors (Lipinski definition) is 3. The second-order valence-corrected chi connectivity index (χ2v) is 3.96. The molecule has 72 valence electrons. The van der Waals surface area contributed by atoms with Gasteiger partial charge in [-0.1, -0.05) is 0 Å². The Balaban J connectivity index is 2.40. The van der Waals surface area contributed by atoms with Crippen molar-refractivity contribution in [2.45, 2.75) is 27.4 Å².